The first kappa shape index (κ1) is 52.9. The molecule has 53 heavy (non-hydrogen) atoms. The molecule has 1 aliphatic heterocycles. The average molecular weight is 786 g/mol. The summed E-state index contributed by atoms with van der Waals surface area (Å²) in [5.41, 5.74) is 0. The van der Waals surface area contributed by atoms with Crippen LogP contribution in [-0.4, -0.2) is 84.2 Å². The molecule has 0 aliphatic carbocycles. The normalized spacial score (nSPS) is 20.3. The molecule has 13 heteroatoms. The van der Waals surface area contributed by atoms with Gasteiger partial charge in [-0.15, -0.1) is 0 Å². The molecule has 0 aromatic heterocycles. The Hall–Kier alpha value is -0.120. The SMILES string of the molecule is CCCCCCCCCCCCC/C=C/[C@@H](O)[C@H](COC1CC(OS(=O)(=O)[O-])C(O)C(CO)O1)NC(=O)CCCCCCCCCCCCCCC.[Na+]. The van der Waals surface area contributed by atoms with Crippen LogP contribution in [0.2, 0.25) is 0 Å². The van der Waals surface area contributed by atoms with E-state index in [4.69, 9.17) is 9.47 Å². The second-order valence-electron chi connectivity index (χ2n) is 14.8. The second kappa shape index (κ2) is 35.1. The van der Waals surface area contributed by atoms with Crippen LogP contribution in [0.4, 0.5) is 0 Å². The van der Waals surface area contributed by atoms with Crippen LogP contribution in [0.3, 0.4) is 0 Å². The Labute approximate surface area is 345 Å². The van der Waals surface area contributed by atoms with Gasteiger partial charge in [0.15, 0.2) is 6.29 Å². The first-order chi connectivity index (χ1) is 25.1. The van der Waals surface area contributed by atoms with Gasteiger partial charge in [0.1, 0.15) is 18.3 Å². The Morgan fingerprint density at radius 3 is 1.72 bits per heavy atom. The van der Waals surface area contributed by atoms with Gasteiger partial charge in [0, 0.05) is 12.8 Å². The van der Waals surface area contributed by atoms with Crippen LogP contribution < -0.4 is 34.9 Å². The third-order valence-electron chi connectivity index (χ3n) is 9.97. The molecule has 4 unspecified atom stereocenters. The molecule has 1 aliphatic rings. The minimum atomic E-state index is -5.13. The van der Waals surface area contributed by atoms with E-state index in [2.05, 4.69) is 23.3 Å². The molecule has 0 radical (unpaired) electrons. The predicted molar refractivity (Wildman–Crippen MR) is 205 cm³/mol. The number of rotatable bonds is 35. The summed E-state index contributed by atoms with van der Waals surface area (Å²) >= 11 is 0. The monoisotopic (exact) mass is 786 g/mol. The van der Waals surface area contributed by atoms with Crippen molar-refractivity contribution in [3.63, 3.8) is 0 Å². The number of carbonyl (C=O) groups excluding carboxylic acids is 1. The zero-order valence-corrected chi connectivity index (χ0v) is 36.5. The summed E-state index contributed by atoms with van der Waals surface area (Å²) in [5, 5.41) is 33.8. The molecular formula is C40H76NNaO10S. The number of allylic oxidation sites excluding steroid dienone is 1. The number of hydrogen-bond acceptors (Lipinski definition) is 10. The molecule has 1 amide bonds. The van der Waals surface area contributed by atoms with E-state index in [1.165, 1.54) is 122 Å². The molecule has 1 heterocycles. The third kappa shape index (κ3) is 29.7. The zero-order chi connectivity index (χ0) is 38.3. The molecule has 6 atom stereocenters. The molecule has 308 valence electrons. The van der Waals surface area contributed by atoms with Crippen molar-refractivity contribution >= 4 is 16.3 Å². The summed E-state index contributed by atoms with van der Waals surface area (Å²) in [4.78, 5) is 12.9. The summed E-state index contributed by atoms with van der Waals surface area (Å²) in [7, 11) is -5.13. The van der Waals surface area contributed by atoms with E-state index in [0.29, 0.717) is 6.42 Å². The molecule has 11 nitrogen and oxygen atoms in total. The van der Waals surface area contributed by atoms with Crippen molar-refractivity contribution in [3.05, 3.63) is 12.2 Å². The maximum Gasteiger partial charge on any atom is 1.00 e. The van der Waals surface area contributed by atoms with E-state index in [-0.39, 0.29) is 48.5 Å². The molecule has 0 spiro atoms. The van der Waals surface area contributed by atoms with Crippen LogP contribution >= 0.6 is 0 Å². The van der Waals surface area contributed by atoms with Gasteiger partial charge in [0.05, 0.1) is 25.4 Å². The number of aliphatic hydroxyl groups is 3. The van der Waals surface area contributed by atoms with E-state index in [1.807, 2.05) is 6.08 Å². The van der Waals surface area contributed by atoms with Crippen LogP contribution in [0.5, 0.6) is 0 Å². The van der Waals surface area contributed by atoms with Gasteiger partial charge >= 0.3 is 29.6 Å². The summed E-state index contributed by atoms with van der Waals surface area (Å²) < 4.78 is 49.4. The van der Waals surface area contributed by atoms with Gasteiger partial charge in [-0.05, 0) is 19.3 Å². The van der Waals surface area contributed by atoms with Crippen molar-refractivity contribution in [2.24, 2.45) is 0 Å². The molecule has 0 saturated carbocycles. The van der Waals surface area contributed by atoms with Gasteiger partial charge in [0.25, 0.3) is 0 Å². The summed E-state index contributed by atoms with van der Waals surface area (Å²) in [6, 6.07) is -0.825. The molecule has 0 aromatic carbocycles. The number of amides is 1. The van der Waals surface area contributed by atoms with Crippen LogP contribution in [0.1, 0.15) is 187 Å². The van der Waals surface area contributed by atoms with Crippen LogP contribution in [-0.2, 0) is 28.9 Å². The molecule has 0 bridgehead atoms. The zero-order valence-electron chi connectivity index (χ0n) is 33.7. The summed E-state index contributed by atoms with van der Waals surface area (Å²) in [6.07, 6.45) is 27.4. The Bertz CT molecular complexity index is 989. The first-order valence-corrected chi connectivity index (χ1v) is 22.3. The van der Waals surface area contributed by atoms with Gasteiger partial charge in [-0.2, -0.15) is 0 Å². The number of carbonyl (C=O) groups is 1. The standard InChI is InChI=1S/C40H77NO10S.Na/c1-3-5-7-9-11-13-15-17-19-21-23-25-27-29-35(43)34(33-49-39-31-36(51-52(46,47)48)40(45)37(32-42)50-39)41-38(44)30-28-26-24-22-20-18-16-14-12-10-8-6-4-2;/h27,29,34-37,39-40,42-43,45H,3-26,28,30-33H2,1-2H3,(H,41,44)(H,46,47,48);/q;+1/p-1/b29-27+;/t34-,35+,36?,37?,39?,40?;/m0./s1. The molecular weight excluding hydrogens is 709 g/mol. The first-order valence-electron chi connectivity index (χ1n) is 20.9. The molecule has 4 N–H and O–H groups in total. The number of hydrogen-bond donors (Lipinski definition) is 4. The Balaban J connectivity index is 0.0000270. The van der Waals surface area contributed by atoms with Crippen LogP contribution in [0.15, 0.2) is 12.2 Å². The largest absolute Gasteiger partial charge is 1.00 e. The van der Waals surface area contributed by atoms with Crippen molar-refractivity contribution in [1.82, 2.24) is 5.32 Å². The van der Waals surface area contributed by atoms with Crippen molar-refractivity contribution < 1.29 is 76.3 Å². The minimum absolute atomic E-state index is 0. The topological polar surface area (TPSA) is 175 Å². The van der Waals surface area contributed by atoms with Gasteiger partial charge in [-0.1, -0.05) is 167 Å². The molecule has 1 rings (SSSR count). The van der Waals surface area contributed by atoms with E-state index < -0.39 is 53.8 Å². The smallest absolute Gasteiger partial charge is 0.726 e. The molecule has 1 fully saturated rings. The summed E-state index contributed by atoms with van der Waals surface area (Å²) in [5.74, 6) is -0.207. The quantitative estimate of drug-likeness (QED) is 0.0228. The Morgan fingerprint density at radius 1 is 0.811 bits per heavy atom. The fourth-order valence-electron chi connectivity index (χ4n) is 6.72. The Kier molecular flexibility index (Phi) is 35.0. The number of nitrogens with one attached hydrogen (secondary N) is 1. The van der Waals surface area contributed by atoms with Crippen molar-refractivity contribution in [2.45, 2.75) is 224 Å². The van der Waals surface area contributed by atoms with E-state index in [0.717, 1.165) is 38.5 Å². The fraction of sp³-hybridized carbons (Fsp3) is 0.925. The van der Waals surface area contributed by atoms with E-state index in [9.17, 15) is 33.1 Å². The number of ether oxygens (including phenoxy) is 2. The predicted octanol–water partition coefficient (Wildman–Crippen LogP) is 4.90. The third-order valence-corrected chi connectivity index (χ3v) is 10.5. The molecule has 0 aromatic rings. The fourth-order valence-corrected chi connectivity index (χ4v) is 7.22. The van der Waals surface area contributed by atoms with E-state index in [1.54, 1.807) is 6.08 Å². The minimum Gasteiger partial charge on any atom is -0.726 e. The van der Waals surface area contributed by atoms with Crippen LogP contribution in [0, 0.1) is 0 Å². The van der Waals surface area contributed by atoms with Gasteiger partial charge in [-0.25, -0.2) is 8.42 Å². The molecule has 1 saturated heterocycles. The van der Waals surface area contributed by atoms with Crippen molar-refractivity contribution in [3.8, 4) is 0 Å². The average Bonchev–Trinajstić information content (AvgIpc) is 3.11. The van der Waals surface area contributed by atoms with Gasteiger partial charge in [0.2, 0.25) is 16.3 Å². The number of unbranched alkanes of at least 4 members (excludes halogenated alkanes) is 23. The van der Waals surface area contributed by atoms with Crippen LogP contribution in [0.25, 0.3) is 0 Å². The second-order valence-corrected chi connectivity index (χ2v) is 15.8. The maximum absolute atomic E-state index is 12.9. The summed E-state index contributed by atoms with van der Waals surface area (Å²) in [6.45, 7) is 3.62. The van der Waals surface area contributed by atoms with E-state index >= 15 is 0 Å². The maximum atomic E-state index is 12.9. The van der Waals surface area contributed by atoms with Gasteiger partial charge < -0.3 is 34.7 Å². The van der Waals surface area contributed by atoms with Gasteiger partial charge in [-0.3, -0.25) is 8.98 Å². The Morgan fingerprint density at radius 2 is 1.26 bits per heavy atom. The van der Waals surface area contributed by atoms with Crippen molar-refractivity contribution in [2.75, 3.05) is 13.2 Å². The van der Waals surface area contributed by atoms with Crippen molar-refractivity contribution in [1.29, 1.82) is 0 Å². The number of aliphatic hydroxyl groups excluding tert-OH is 3.